The van der Waals surface area contributed by atoms with E-state index >= 15 is 0 Å². The van der Waals surface area contributed by atoms with Crippen LogP contribution >= 0.6 is 0 Å². The van der Waals surface area contributed by atoms with Crippen LogP contribution in [0, 0.1) is 5.92 Å². The van der Waals surface area contributed by atoms with Crippen molar-refractivity contribution < 1.29 is 14.1 Å². The summed E-state index contributed by atoms with van der Waals surface area (Å²) in [5.74, 6) is 1.74. The van der Waals surface area contributed by atoms with Crippen molar-refractivity contribution in [2.24, 2.45) is 5.92 Å². The Morgan fingerprint density at radius 3 is 2.79 bits per heavy atom. The predicted molar refractivity (Wildman–Crippen MR) is 89.4 cm³/mol. The Morgan fingerprint density at radius 1 is 1.29 bits per heavy atom. The van der Waals surface area contributed by atoms with Crippen LogP contribution in [0.4, 0.5) is 0 Å². The summed E-state index contributed by atoms with van der Waals surface area (Å²) in [6, 6.07) is 7.19. The lowest BCUT2D eigenvalue weighted by atomic mass is 9.88. The van der Waals surface area contributed by atoms with Gasteiger partial charge in [0.25, 0.3) is 0 Å². The molecule has 3 rings (SSSR count). The van der Waals surface area contributed by atoms with Gasteiger partial charge in [-0.3, -0.25) is 4.79 Å². The average Bonchev–Trinajstić information content (AvgIpc) is 3.12. The number of para-hydroxylation sites is 1. The van der Waals surface area contributed by atoms with Gasteiger partial charge in [0.2, 0.25) is 17.6 Å². The molecule has 6 nitrogen and oxygen atoms in total. The molecular formula is C18H23N3O3. The van der Waals surface area contributed by atoms with E-state index in [0.29, 0.717) is 17.5 Å². The Morgan fingerprint density at radius 2 is 2.04 bits per heavy atom. The SMILES string of the molecule is COc1ccccc1-c1noc([C@@H](C)NC(=O)C2CCCCC2)n1. The molecule has 6 heteroatoms. The van der Waals surface area contributed by atoms with E-state index in [4.69, 9.17) is 9.26 Å². The van der Waals surface area contributed by atoms with Crippen molar-refractivity contribution in [1.82, 2.24) is 15.5 Å². The van der Waals surface area contributed by atoms with Crippen LogP contribution in [0.25, 0.3) is 11.4 Å². The highest BCUT2D eigenvalue weighted by Crippen LogP contribution is 2.28. The summed E-state index contributed by atoms with van der Waals surface area (Å²) in [5, 5.41) is 7.01. The number of carbonyl (C=O) groups is 1. The van der Waals surface area contributed by atoms with Gasteiger partial charge in [0, 0.05) is 5.92 Å². The highest BCUT2D eigenvalue weighted by Gasteiger charge is 2.25. The van der Waals surface area contributed by atoms with E-state index in [1.54, 1.807) is 7.11 Å². The van der Waals surface area contributed by atoms with E-state index < -0.39 is 0 Å². The Kier molecular flexibility index (Phi) is 5.13. The van der Waals surface area contributed by atoms with Gasteiger partial charge in [0.05, 0.1) is 12.7 Å². The number of rotatable bonds is 5. The summed E-state index contributed by atoms with van der Waals surface area (Å²) < 4.78 is 10.7. The molecule has 1 fully saturated rings. The Balaban J connectivity index is 1.69. The van der Waals surface area contributed by atoms with Crippen molar-refractivity contribution in [3.05, 3.63) is 30.2 Å². The molecule has 0 radical (unpaired) electrons. The van der Waals surface area contributed by atoms with Crippen LogP contribution in [0.2, 0.25) is 0 Å². The second kappa shape index (κ2) is 7.47. The second-order valence-electron chi connectivity index (χ2n) is 6.22. The fourth-order valence-corrected chi connectivity index (χ4v) is 3.11. The first kappa shape index (κ1) is 16.5. The number of amides is 1. The molecule has 0 aliphatic heterocycles. The molecule has 128 valence electrons. The minimum atomic E-state index is -0.310. The minimum absolute atomic E-state index is 0.0826. The molecule has 24 heavy (non-hydrogen) atoms. The van der Waals surface area contributed by atoms with Gasteiger partial charge in [-0.05, 0) is 31.9 Å². The molecule has 1 saturated carbocycles. The first-order chi connectivity index (χ1) is 11.7. The van der Waals surface area contributed by atoms with Crippen LogP contribution in [0.1, 0.15) is 51.0 Å². The Bertz CT molecular complexity index is 692. The van der Waals surface area contributed by atoms with Crippen molar-refractivity contribution in [3.63, 3.8) is 0 Å². The largest absolute Gasteiger partial charge is 0.496 e. The molecule has 1 N–H and O–H groups in total. The Hall–Kier alpha value is -2.37. The highest BCUT2D eigenvalue weighted by molar-refractivity contribution is 5.79. The normalized spacial score (nSPS) is 16.6. The van der Waals surface area contributed by atoms with Crippen LogP contribution in [-0.2, 0) is 4.79 Å². The molecule has 1 aliphatic rings. The predicted octanol–water partition coefficient (Wildman–Crippen LogP) is 3.50. The molecule has 2 aromatic rings. The first-order valence-corrected chi connectivity index (χ1v) is 8.46. The standard InChI is InChI=1S/C18H23N3O3/c1-12(19-17(22)13-8-4-3-5-9-13)18-20-16(21-24-18)14-10-6-7-11-15(14)23-2/h6-7,10-13H,3-5,8-9H2,1-2H3,(H,19,22)/t12-/m1/s1. The third kappa shape index (κ3) is 3.58. The number of aromatic nitrogens is 2. The molecule has 0 saturated heterocycles. The fourth-order valence-electron chi connectivity index (χ4n) is 3.11. The summed E-state index contributed by atoms with van der Waals surface area (Å²) in [6.07, 6.45) is 5.42. The number of hydrogen-bond donors (Lipinski definition) is 1. The van der Waals surface area contributed by atoms with Gasteiger partial charge in [-0.2, -0.15) is 4.98 Å². The first-order valence-electron chi connectivity index (χ1n) is 8.46. The summed E-state index contributed by atoms with van der Waals surface area (Å²) in [7, 11) is 1.60. The average molecular weight is 329 g/mol. The zero-order valence-electron chi connectivity index (χ0n) is 14.1. The van der Waals surface area contributed by atoms with Crippen molar-refractivity contribution >= 4 is 5.91 Å². The van der Waals surface area contributed by atoms with Crippen molar-refractivity contribution in [2.45, 2.75) is 45.1 Å². The second-order valence-corrected chi connectivity index (χ2v) is 6.22. The summed E-state index contributed by atoms with van der Waals surface area (Å²) in [6.45, 7) is 1.86. The molecular weight excluding hydrogens is 306 g/mol. The quantitative estimate of drug-likeness (QED) is 0.908. The molecule has 1 amide bonds. The van der Waals surface area contributed by atoms with Gasteiger partial charge < -0.3 is 14.6 Å². The topological polar surface area (TPSA) is 77.3 Å². The third-order valence-corrected chi connectivity index (χ3v) is 4.49. The zero-order chi connectivity index (χ0) is 16.9. The van der Waals surface area contributed by atoms with Crippen LogP contribution < -0.4 is 10.1 Å². The fraction of sp³-hybridized carbons (Fsp3) is 0.500. The van der Waals surface area contributed by atoms with Gasteiger partial charge in [0.1, 0.15) is 11.8 Å². The lowest BCUT2D eigenvalue weighted by Gasteiger charge is -2.22. The minimum Gasteiger partial charge on any atom is -0.496 e. The van der Waals surface area contributed by atoms with E-state index in [2.05, 4.69) is 15.5 Å². The maximum atomic E-state index is 12.3. The third-order valence-electron chi connectivity index (χ3n) is 4.49. The summed E-state index contributed by atoms with van der Waals surface area (Å²) in [5.41, 5.74) is 0.765. The molecule has 0 unspecified atom stereocenters. The molecule has 0 bridgehead atoms. The molecule has 0 spiro atoms. The number of ether oxygens (including phenoxy) is 1. The van der Waals surface area contributed by atoms with Crippen molar-refractivity contribution in [1.29, 1.82) is 0 Å². The molecule has 1 atom stereocenters. The van der Waals surface area contributed by atoms with Gasteiger partial charge >= 0.3 is 0 Å². The van der Waals surface area contributed by atoms with Crippen LogP contribution in [0.3, 0.4) is 0 Å². The lowest BCUT2D eigenvalue weighted by Crippen LogP contribution is -2.33. The molecule has 1 aromatic carbocycles. The summed E-state index contributed by atoms with van der Waals surface area (Å²) >= 11 is 0. The van der Waals surface area contributed by atoms with Crippen LogP contribution in [-0.4, -0.2) is 23.2 Å². The van der Waals surface area contributed by atoms with Crippen LogP contribution in [0.15, 0.2) is 28.8 Å². The number of benzene rings is 1. The maximum Gasteiger partial charge on any atom is 0.249 e. The number of nitrogens with one attached hydrogen (secondary N) is 1. The monoisotopic (exact) mass is 329 g/mol. The van der Waals surface area contributed by atoms with Gasteiger partial charge in [-0.25, -0.2) is 0 Å². The zero-order valence-corrected chi connectivity index (χ0v) is 14.1. The highest BCUT2D eigenvalue weighted by atomic mass is 16.5. The molecule has 1 heterocycles. The molecule has 1 aliphatic carbocycles. The smallest absolute Gasteiger partial charge is 0.249 e. The maximum absolute atomic E-state index is 12.3. The van der Waals surface area contributed by atoms with Crippen LogP contribution in [0.5, 0.6) is 5.75 Å². The summed E-state index contributed by atoms with van der Waals surface area (Å²) in [4.78, 5) is 16.8. The van der Waals surface area contributed by atoms with Crippen molar-refractivity contribution in [3.8, 4) is 17.1 Å². The van der Waals surface area contributed by atoms with Gasteiger partial charge in [-0.1, -0.05) is 36.6 Å². The van der Waals surface area contributed by atoms with E-state index in [-0.39, 0.29) is 17.9 Å². The number of methoxy groups -OCH3 is 1. The van der Waals surface area contributed by atoms with E-state index in [1.165, 1.54) is 6.42 Å². The van der Waals surface area contributed by atoms with Gasteiger partial charge in [0.15, 0.2) is 0 Å². The number of carbonyl (C=O) groups excluding carboxylic acids is 1. The van der Waals surface area contributed by atoms with E-state index in [9.17, 15) is 4.79 Å². The number of hydrogen-bond acceptors (Lipinski definition) is 5. The van der Waals surface area contributed by atoms with Crippen molar-refractivity contribution in [2.75, 3.05) is 7.11 Å². The van der Waals surface area contributed by atoms with Gasteiger partial charge in [-0.15, -0.1) is 0 Å². The Labute approximate surface area is 141 Å². The van der Waals surface area contributed by atoms with E-state index in [0.717, 1.165) is 31.2 Å². The number of nitrogens with zero attached hydrogens (tertiary/aromatic N) is 2. The van der Waals surface area contributed by atoms with E-state index in [1.807, 2.05) is 31.2 Å². The molecule has 1 aromatic heterocycles. The lowest BCUT2D eigenvalue weighted by molar-refractivity contribution is -0.126.